The highest BCUT2D eigenvalue weighted by Crippen LogP contribution is 2.31. The monoisotopic (exact) mass is 390 g/mol. The van der Waals surface area contributed by atoms with Crippen LogP contribution in [0.3, 0.4) is 0 Å². The zero-order valence-electron chi connectivity index (χ0n) is 14.5. The van der Waals surface area contributed by atoms with Crippen LogP contribution in [-0.4, -0.2) is 41.9 Å². The molecule has 0 aromatic heterocycles. The van der Waals surface area contributed by atoms with E-state index in [1.165, 1.54) is 6.08 Å². The van der Waals surface area contributed by atoms with E-state index in [-0.39, 0.29) is 28.0 Å². The van der Waals surface area contributed by atoms with Crippen LogP contribution in [0.5, 0.6) is 0 Å². The number of nitrogens with one attached hydrogen (secondary N) is 1. The van der Waals surface area contributed by atoms with Crippen molar-refractivity contribution in [1.82, 2.24) is 9.62 Å². The van der Waals surface area contributed by atoms with Gasteiger partial charge in [-0.05, 0) is 24.5 Å². The van der Waals surface area contributed by atoms with Gasteiger partial charge in [-0.2, -0.15) is 0 Å². The lowest BCUT2D eigenvalue weighted by Gasteiger charge is -2.25. The molecule has 0 unspecified atom stereocenters. The maximum atomic E-state index is 12.8. The first kappa shape index (κ1) is 20.0. The van der Waals surface area contributed by atoms with E-state index >= 15 is 0 Å². The summed E-state index contributed by atoms with van der Waals surface area (Å²) in [7, 11) is -4.54. The highest BCUT2D eigenvalue weighted by atomic mass is 32.2. The summed E-state index contributed by atoms with van der Waals surface area (Å²) in [5.74, 6) is 0. The summed E-state index contributed by atoms with van der Waals surface area (Å²) in [6.45, 7) is 0. The molecule has 2 aliphatic rings. The van der Waals surface area contributed by atoms with Crippen molar-refractivity contribution in [1.29, 1.82) is 0 Å². The van der Waals surface area contributed by atoms with Crippen LogP contribution in [0.25, 0.3) is 0 Å². The molecule has 0 atom stereocenters. The Bertz CT molecular complexity index is 818. The van der Waals surface area contributed by atoms with Crippen LogP contribution in [0.15, 0.2) is 33.4 Å². The Morgan fingerprint density at radius 2 is 1.76 bits per heavy atom. The van der Waals surface area contributed by atoms with Crippen molar-refractivity contribution in [2.45, 2.75) is 44.6 Å². The largest absolute Gasteiger partial charge is 0.397 e. The molecule has 0 aromatic rings. The average molecular weight is 391 g/mol. The molecule has 0 bridgehead atoms. The molecule has 142 valence electrons. The molecule has 0 saturated heterocycles. The van der Waals surface area contributed by atoms with Crippen LogP contribution < -0.4 is 15.6 Å². The number of rotatable bonds is 5. The van der Waals surface area contributed by atoms with E-state index in [0.717, 1.165) is 32.1 Å². The average Bonchev–Trinajstić information content (AvgIpc) is 2.47. The second-order valence-corrected chi connectivity index (χ2v) is 9.96. The first-order valence-electron chi connectivity index (χ1n) is 8.13. The number of sulfonamides is 2. The maximum Gasteiger partial charge on any atom is 0.242 e. The van der Waals surface area contributed by atoms with E-state index in [1.807, 2.05) is 0 Å². The highest BCUT2D eigenvalue weighted by molar-refractivity contribution is 7.94. The van der Waals surface area contributed by atoms with Gasteiger partial charge in [0.25, 0.3) is 0 Å². The molecule has 5 N–H and O–H groups in total. The number of hydrogen-bond donors (Lipinski definition) is 3. The second-order valence-electron chi connectivity index (χ2n) is 6.69. The third-order valence-corrected chi connectivity index (χ3v) is 6.84. The number of nitrogens with two attached hydrogens (primary N) is 2. The van der Waals surface area contributed by atoms with E-state index in [4.69, 9.17) is 10.9 Å². The molecular weight excluding hydrogens is 364 g/mol. The summed E-state index contributed by atoms with van der Waals surface area (Å²) in [4.78, 5) is 1.20. The maximum absolute atomic E-state index is 12.8. The molecule has 2 aliphatic carbocycles. The van der Waals surface area contributed by atoms with Crippen LogP contribution in [-0.2, 0) is 20.0 Å². The molecule has 2 rings (SSSR count). The Kier molecular flexibility index (Phi) is 5.97. The van der Waals surface area contributed by atoms with Crippen molar-refractivity contribution in [2.24, 2.45) is 10.9 Å². The Morgan fingerprint density at radius 1 is 1.16 bits per heavy atom. The van der Waals surface area contributed by atoms with Crippen molar-refractivity contribution in [3.8, 4) is 0 Å². The van der Waals surface area contributed by atoms with E-state index in [0.29, 0.717) is 5.57 Å². The zero-order chi connectivity index (χ0) is 18.8. The molecule has 8 nitrogen and oxygen atoms in total. The topological polar surface area (TPSA) is 136 Å². The molecule has 10 heteroatoms. The first-order chi connectivity index (χ1) is 11.5. The first-order valence-corrected chi connectivity index (χ1v) is 11.2. The third kappa shape index (κ3) is 5.06. The van der Waals surface area contributed by atoms with E-state index in [1.54, 1.807) is 25.2 Å². The van der Waals surface area contributed by atoms with Crippen LogP contribution >= 0.6 is 0 Å². The number of nitrogens with zero attached hydrogens (tertiary/aromatic N) is 1. The van der Waals surface area contributed by atoms with Crippen LogP contribution in [0.1, 0.15) is 38.5 Å². The minimum absolute atomic E-state index is 0.0364. The third-order valence-electron chi connectivity index (χ3n) is 4.23. The fourth-order valence-corrected chi connectivity index (χ4v) is 5.48. The van der Waals surface area contributed by atoms with Gasteiger partial charge >= 0.3 is 0 Å². The van der Waals surface area contributed by atoms with Crippen molar-refractivity contribution >= 4 is 20.0 Å². The normalized spacial score (nSPS) is 22.2. The number of primary sulfonamides is 1. The molecule has 1 saturated carbocycles. The molecule has 1 fully saturated rings. The lowest BCUT2D eigenvalue weighted by atomic mass is 9.96. The Labute approximate surface area is 149 Å². The summed E-state index contributed by atoms with van der Waals surface area (Å²) < 4.78 is 51.9. The van der Waals surface area contributed by atoms with Crippen molar-refractivity contribution in [2.75, 3.05) is 14.1 Å². The zero-order valence-corrected chi connectivity index (χ0v) is 16.2. The van der Waals surface area contributed by atoms with Gasteiger partial charge in [0, 0.05) is 32.8 Å². The van der Waals surface area contributed by atoms with Crippen LogP contribution in [0.4, 0.5) is 0 Å². The van der Waals surface area contributed by atoms with Crippen molar-refractivity contribution in [3.63, 3.8) is 0 Å². The van der Waals surface area contributed by atoms with E-state index in [9.17, 15) is 16.8 Å². The van der Waals surface area contributed by atoms with E-state index < -0.39 is 20.0 Å². The molecule has 0 amide bonds. The fourth-order valence-electron chi connectivity index (χ4n) is 3.11. The molecule has 25 heavy (non-hydrogen) atoms. The minimum atomic E-state index is -4.11. The predicted molar refractivity (Wildman–Crippen MR) is 97.7 cm³/mol. The van der Waals surface area contributed by atoms with Gasteiger partial charge < -0.3 is 10.6 Å². The van der Waals surface area contributed by atoms with Gasteiger partial charge in [0.2, 0.25) is 20.0 Å². The second kappa shape index (κ2) is 7.48. The number of allylic oxidation sites excluding steroid dienone is 3. The molecular formula is C15H26N4O4S2. The van der Waals surface area contributed by atoms with Crippen molar-refractivity contribution < 1.29 is 16.8 Å². The van der Waals surface area contributed by atoms with E-state index in [2.05, 4.69) is 4.72 Å². The standard InChI is InChI=1S/C15H26N4O4S2/c1-19(2)10-11-8-13(24(17,20)21)15(16)14(9-11)25(22,23)18-12-6-4-3-5-7-12/h9-10,12,18H,3-8,16H2,1-2H3,(H2,17,20,21). The fraction of sp³-hybridized carbons (Fsp3) is 0.600. The summed E-state index contributed by atoms with van der Waals surface area (Å²) in [5.41, 5.74) is 6.09. The van der Waals surface area contributed by atoms with Gasteiger partial charge in [-0.3, -0.25) is 0 Å². The lowest BCUT2D eigenvalue weighted by Crippen LogP contribution is -2.38. The van der Waals surface area contributed by atoms with Crippen molar-refractivity contribution in [3.05, 3.63) is 33.4 Å². The molecule has 0 aromatic carbocycles. The Hall–Kier alpha value is -1.36. The Morgan fingerprint density at radius 3 is 2.28 bits per heavy atom. The van der Waals surface area contributed by atoms with Gasteiger partial charge in [0.05, 0.1) is 10.6 Å². The molecule has 0 heterocycles. The predicted octanol–water partition coefficient (Wildman–Crippen LogP) is 0.430. The summed E-state index contributed by atoms with van der Waals surface area (Å²) in [6.07, 6.45) is 7.57. The van der Waals surface area contributed by atoms with Crippen LogP contribution in [0.2, 0.25) is 0 Å². The number of hydrogen-bond acceptors (Lipinski definition) is 6. The molecule has 0 radical (unpaired) electrons. The molecule has 0 spiro atoms. The SMILES string of the molecule is CN(C)C=C1C=C(S(=O)(=O)NC2CCCCC2)C(N)=C(S(N)(=O)=O)C1. The van der Waals surface area contributed by atoms with Gasteiger partial charge in [-0.15, -0.1) is 0 Å². The summed E-state index contributed by atoms with van der Waals surface area (Å²) in [5, 5.41) is 5.23. The minimum Gasteiger partial charge on any atom is -0.397 e. The lowest BCUT2D eigenvalue weighted by molar-refractivity contribution is 0.413. The van der Waals surface area contributed by atoms with Crippen LogP contribution in [0, 0.1) is 0 Å². The Balaban J connectivity index is 2.45. The summed E-state index contributed by atoms with van der Waals surface area (Å²) >= 11 is 0. The quantitative estimate of drug-likeness (QED) is 0.623. The van der Waals surface area contributed by atoms with Gasteiger partial charge in [0.1, 0.15) is 4.91 Å². The highest BCUT2D eigenvalue weighted by Gasteiger charge is 2.32. The summed E-state index contributed by atoms with van der Waals surface area (Å²) in [6, 6.07) is -0.159. The van der Waals surface area contributed by atoms with Gasteiger partial charge in [0.15, 0.2) is 0 Å². The molecule has 0 aliphatic heterocycles. The van der Waals surface area contributed by atoms with Gasteiger partial charge in [-0.1, -0.05) is 19.3 Å². The smallest absolute Gasteiger partial charge is 0.242 e. The van der Waals surface area contributed by atoms with Gasteiger partial charge in [-0.25, -0.2) is 26.7 Å².